The molecule has 4 aromatic carbocycles. The van der Waals surface area contributed by atoms with Crippen molar-refractivity contribution in [1.29, 1.82) is 0 Å². The van der Waals surface area contributed by atoms with Crippen LogP contribution in [0.4, 0.5) is 0 Å². The largest absolute Gasteiger partial charge is 0.450 e. The molecule has 39 heavy (non-hydrogen) atoms. The minimum Gasteiger partial charge on any atom is -0.450 e. The lowest BCUT2D eigenvalue weighted by Crippen LogP contribution is -2.45. The third kappa shape index (κ3) is 3.93. The molecule has 0 saturated carbocycles. The number of piperidine rings is 1. The average Bonchev–Trinajstić information content (AvgIpc) is 3.49. The molecule has 0 bridgehead atoms. The number of fused-ring (bicyclic) bond motifs is 3. The summed E-state index contributed by atoms with van der Waals surface area (Å²) in [5.74, 6) is -0.309. The summed E-state index contributed by atoms with van der Waals surface area (Å²) in [6.45, 7) is 1.01. The number of hydrogen-bond donors (Lipinski definition) is 0. The summed E-state index contributed by atoms with van der Waals surface area (Å²) >= 11 is 6.42. The van der Waals surface area contributed by atoms with Crippen LogP contribution < -0.4 is 0 Å². The number of nitrogens with zero attached hydrogens (tertiary/aromatic N) is 2. The molecule has 192 valence electrons. The lowest BCUT2D eigenvalue weighted by atomic mass is 9.83. The fraction of sp³-hybridized carbons (Fsp3) is 0.152. The van der Waals surface area contributed by atoms with Crippen LogP contribution in [0.25, 0.3) is 27.7 Å². The Hall–Kier alpha value is -4.35. The van der Waals surface area contributed by atoms with Gasteiger partial charge in [-0.3, -0.25) is 4.79 Å². The van der Waals surface area contributed by atoms with Crippen LogP contribution in [0, 0.1) is 0 Å². The molecule has 5 aromatic rings. The van der Waals surface area contributed by atoms with E-state index >= 15 is 0 Å². The molecule has 1 spiro atoms. The molecule has 0 atom stereocenters. The highest BCUT2D eigenvalue weighted by molar-refractivity contribution is 6.31. The summed E-state index contributed by atoms with van der Waals surface area (Å²) in [4.78, 5) is 28.3. The normalized spacial score (nSPS) is 15.9. The summed E-state index contributed by atoms with van der Waals surface area (Å²) < 4.78 is 7.93. The molecular weight excluding hydrogens is 508 g/mol. The molecule has 1 aromatic heterocycles. The van der Waals surface area contributed by atoms with E-state index in [2.05, 4.69) is 24.3 Å². The number of carbonyl (C=O) groups is 2. The first kappa shape index (κ1) is 23.7. The lowest BCUT2D eigenvalue weighted by molar-refractivity contribution is -0.0389. The number of carbonyl (C=O) groups excluding carboxylic acids is 2. The van der Waals surface area contributed by atoms with Crippen molar-refractivity contribution in [3.63, 3.8) is 0 Å². The van der Waals surface area contributed by atoms with E-state index in [9.17, 15) is 9.59 Å². The van der Waals surface area contributed by atoms with E-state index in [1.807, 2.05) is 88.5 Å². The molecule has 2 aliphatic rings. The average molecular weight is 533 g/mol. The molecule has 1 amide bonds. The van der Waals surface area contributed by atoms with Gasteiger partial charge < -0.3 is 14.2 Å². The molecule has 1 fully saturated rings. The minimum absolute atomic E-state index is 0.0345. The van der Waals surface area contributed by atoms with E-state index in [0.717, 1.165) is 33.3 Å². The zero-order valence-electron chi connectivity index (χ0n) is 21.1. The fourth-order valence-electron chi connectivity index (χ4n) is 6.01. The van der Waals surface area contributed by atoms with Gasteiger partial charge in [0.15, 0.2) is 0 Å². The molecular formula is C33H25ClN2O3. The fourth-order valence-corrected chi connectivity index (χ4v) is 6.17. The van der Waals surface area contributed by atoms with E-state index in [-0.39, 0.29) is 11.9 Å². The highest BCUT2D eigenvalue weighted by atomic mass is 35.5. The van der Waals surface area contributed by atoms with E-state index < -0.39 is 5.60 Å². The molecule has 2 aliphatic heterocycles. The summed E-state index contributed by atoms with van der Waals surface area (Å²) in [5.41, 5.74) is 5.61. The van der Waals surface area contributed by atoms with Gasteiger partial charge in [0.25, 0.3) is 5.91 Å². The van der Waals surface area contributed by atoms with Gasteiger partial charge in [-0.25, -0.2) is 4.79 Å². The zero-order valence-corrected chi connectivity index (χ0v) is 21.9. The van der Waals surface area contributed by atoms with E-state index in [4.69, 9.17) is 16.3 Å². The number of esters is 1. The first-order valence-corrected chi connectivity index (χ1v) is 13.5. The number of rotatable bonds is 3. The Kier molecular flexibility index (Phi) is 5.56. The van der Waals surface area contributed by atoms with Crippen molar-refractivity contribution in [2.24, 2.45) is 0 Å². The predicted molar refractivity (Wildman–Crippen MR) is 152 cm³/mol. The second-order valence-electron chi connectivity index (χ2n) is 10.2. The van der Waals surface area contributed by atoms with Gasteiger partial charge in [0.1, 0.15) is 5.60 Å². The highest BCUT2D eigenvalue weighted by Crippen LogP contribution is 2.44. The van der Waals surface area contributed by atoms with Gasteiger partial charge in [0.05, 0.1) is 16.6 Å². The van der Waals surface area contributed by atoms with Gasteiger partial charge in [-0.05, 0) is 41.5 Å². The van der Waals surface area contributed by atoms with E-state index in [1.165, 1.54) is 0 Å². The monoisotopic (exact) mass is 532 g/mol. The SMILES string of the molecule is O=C1OC2(CCN(C(=O)c3cn(-c4cccc(-c5ccccc5)c4)c4cc(Cl)ccc34)CC2)c2ccccc21. The molecule has 0 N–H and O–H groups in total. The van der Waals surface area contributed by atoms with Gasteiger partial charge >= 0.3 is 5.97 Å². The van der Waals surface area contributed by atoms with E-state index in [0.29, 0.717) is 42.1 Å². The van der Waals surface area contributed by atoms with Crippen LogP contribution in [0.15, 0.2) is 103 Å². The summed E-state index contributed by atoms with van der Waals surface area (Å²) in [7, 11) is 0. The van der Waals surface area contributed by atoms with Crippen molar-refractivity contribution in [3.05, 3.63) is 125 Å². The Labute approximate surface area is 231 Å². The number of ether oxygens (including phenoxy) is 1. The van der Waals surface area contributed by atoms with Crippen molar-refractivity contribution >= 4 is 34.4 Å². The van der Waals surface area contributed by atoms with Crippen LogP contribution in [0.2, 0.25) is 5.02 Å². The summed E-state index contributed by atoms with van der Waals surface area (Å²) in [6, 6.07) is 31.7. The zero-order chi connectivity index (χ0) is 26.6. The number of hydrogen-bond acceptors (Lipinski definition) is 3. The third-order valence-corrected chi connectivity index (χ3v) is 8.25. The van der Waals surface area contributed by atoms with Crippen LogP contribution in [0.1, 0.15) is 39.1 Å². The van der Waals surface area contributed by atoms with Crippen molar-refractivity contribution in [2.45, 2.75) is 18.4 Å². The predicted octanol–water partition coefficient (Wildman–Crippen LogP) is 7.25. The van der Waals surface area contributed by atoms with Gasteiger partial charge in [-0.2, -0.15) is 0 Å². The Balaban J connectivity index is 1.22. The second-order valence-corrected chi connectivity index (χ2v) is 10.6. The maximum atomic E-state index is 13.9. The topological polar surface area (TPSA) is 51.5 Å². The third-order valence-electron chi connectivity index (χ3n) is 8.01. The number of benzene rings is 4. The van der Waals surface area contributed by atoms with E-state index in [1.54, 1.807) is 0 Å². The number of likely N-dealkylation sites (tertiary alicyclic amines) is 1. The van der Waals surface area contributed by atoms with Crippen LogP contribution in [0.3, 0.4) is 0 Å². The summed E-state index contributed by atoms with van der Waals surface area (Å²) in [5, 5.41) is 1.47. The molecule has 7 rings (SSSR count). The van der Waals surface area contributed by atoms with Crippen LogP contribution in [-0.2, 0) is 10.3 Å². The first-order valence-electron chi connectivity index (χ1n) is 13.1. The number of halogens is 1. The highest BCUT2D eigenvalue weighted by Gasteiger charge is 2.47. The Bertz CT molecular complexity index is 1750. The van der Waals surface area contributed by atoms with Gasteiger partial charge in [0, 0.05) is 53.8 Å². The molecule has 0 aliphatic carbocycles. The second kappa shape index (κ2) is 9.14. The number of amides is 1. The maximum absolute atomic E-state index is 13.9. The quantitative estimate of drug-likeness (QED) is 0.230. The van der Waals surface area contributed by atoms with Gasteiger partial charge in [-0.15, -0.1) is 0 Å². The van der Waals surface area contributed by atoms with Crippen LogP contribution in [-0.4, -0.2) is 34.4 Å². The Morgan fingerprint density at radius 3 is 2.38 bits per heavy atom. The minimum atomic E-state index is -0.649. The van der Waals surface area contributed by atoms with Crippen molar-refractivity contribution < 1.29 is 14.3 Å². The van der Waals surface area contributed by atoms with Gasteiger partial charge in [-0.1, -0.05) is 78.3 Å². The van der Waals surface area contributed by atoms with Crippen molar-refractivity contribution in [3.8, 4) is 16.8 Å². The van der Waals surface area contributed by atoms with Gasteiger partial charge in [0.2, 0.25) is 0 Å². The molecule has 0 unspecified atom stereocenters. The molecule has 0 radical (unpaired) electrons. The maximum Gasteiger partial charge on any atom is 0.339 e. The lowest BCUT2D eigenvalue weighted by Gasteiger charge is -2.38. The number of aromatic nitrogens is 1. The summed E-state index contributed by atoms with van der Waals surface area (Å²) in [6.07, 6.45) is 3.07. The molecule has 3 heterocycles. The van der Waals surface area contributed by atoms with Crippen molar-refractivity contribution in [2.75, 3.05) is 13.1 Å². The van der Waals surface area contributed by atoms with Crippen molar-refractivity contribution in [1.82, 2.24) is 9.47 Å². The molecule has 5 nitrogen and oxygen atoms in total. The first-order chi connectivity index (χ1) is 19.0. The van der Waals surface area contributed by atoms with Crippen LogP contribution in [0.5, 0.6) is 0 Å². The molecule has 6 heteroatoms. The van der Waals surface area contributed by atoms with Crippen LogP contribution >= 0.6 is 11.6 Å². The smallest absolute Gasteiger partial charge is 0.339 e. The standard InChI is InChI=1S/C33H25ClN2O3/c34-24-13-14-26-28(21-36(30(26)20-24)25-10-6-9-23(19-25)22-7-2-1-3-8-22)31(37)35-17-15-33(16-18-35)29-12-5-4-11-27(29)32(38)39-33/h1-14,19-21H,15-18H2. The Morgan fingerprint density at radius 2 is 1.56 bits per heavy atom. The molecule has 1 saturated heterocycles. The Morgan fingerprint density at radius 1 is 0.821 bits per heavy atom.